The Balaban J connectivity index is 1.64. The van der Waals surface area contributed by atoms with Crippen LogP contribution in [-0.4, -0.2) is 20.9 Å². The number of rotatable bonds is 7. The fraction of sp³-hybridized carbons (Fsp3) is 0.136. The molecule has 162 valence electrons. The van der Waals surface area contributed by atoms with Gasteiger partial charge in [0, 0.05) is 16.4 Å². The predicted octanol–water partition coefficient (Wildman–Crippen LogP) is 5.43. The first-order valence-corrected chi connectivity index (χ1v) is 11.5. The third kappa shape index (κ3) is 6.13. The molecule has 0 saturated heterocycles. The van der Waals surface area contributed by atoms with E-state index >= 15 is 0 Å². The van der Waals surface area contributed by atoms with Gasteiger partial charge in [-0.1, -0.05) is 40.9 Å². The van der Waals surface area contributed by atoms with E-state index < -0.39 is 10.0 Å². The quantitative estimate of drug-likeness (QED) is 0.474. The average molecular weight is 479 g/mol. The fourth-order valence-corrected chi connectivity index (χ4v) is 4.29. The number of benzene rings is 3. The molecule has 9 heteroatoms. The summed E-state index contributed by atoms with van der Waals surface area (Å²) >= 11 is 12.0. The number of nitrogens with one attached hydrogen (secondary N) is 2. The Kier molecular flexibility index (Phi) is 7.10. The number of amides is 1. The van der Waals surface area contributed by atoms with Gasteiger partial charge in [-0.15, -0.1) is 0 Å². The summed E-state index contributed by atoms with van der Waals surface area (Å²) in [4.78, 5) is 12.2. The van der Waals surface area contributed by atoms with Crippen molar-refractivity contribution in [2.75, 3.05) is 16.6 Å². The van der Waals surface area contributed by atoms with Crippen molar-refractivity contribution < 1.29 is 17.9 Å². The van der Waals surface area contributed by atoms with Gasteiger partial charge in [0.05, 0.1) is 9.92 Å². The molecule has 0 atom stereocenters. The number of sulfonamides is 1. The van der Waals surface area contributed by atoms with Crippen molar-refractivity contribution in [3.63, 3.8) is 0 Å². The van der Waals surface area contributed by atoms with Gasteiger partial charge in [0.15, 0.2) is 6.61 Å². The Morgan fingerprint density at radius 3 is 2.32 bits per heavy atom. The van der Waals surface area contributed by atoms with Gasteiger partial charge in [-0.05, 0) is 67.9 Å². The second-order valence-corrected chi connectivity index (χ2v) is 9.39. The minimum absolute atomic E-state index is 0.0421. The van der Waals surface area contributed by atoms with Crippen LogP contribution in [0.1, 0.15) is 11.1 Å². The second kappa shape index (κ2) is 9.60. The van der Waals surface area contributed by atoms with Gasteiger partial charge in [0.25, 0.3) is 15.9 Å². The number of hydrogen-bond acceptors (Lipinski definition) is 4. The van der Waals surface area contributed by atoms with Crippen LogP contribution < -0.4 is 14.8 Å². The summed E-state index contributed by atoms with van der Waals surface area (Å²) in [7, 11) is -3.86. The van der Waals surface area contributed by atoms with Crippen molar-refractivity contribution in [3.8, 4) is 5.75 Å². The van der Waals surface area contributed by atoms with E-state index in [1.54, 1.807) is 24.3 Å². The summed E-state index contributed by atoms with van der Waals surface area (Å²) in [5.41, 5.74) is 3.09. The molecule has 0 heterocycles. The van der Waals surface area contributed by atoms with Crippen LogP contribution in [-0.2, 0) is 14.8 Å². The maximum absolute atomic E-state index is 12.6. The van der Waals surface area contributed by atoms with Crippen LogP contribution in [0.5, 0.6) is 5.75 Å². The molecule has 0 aliphatic heterocycles. The lowest BCUT2D eigenvalue weighted by Gasteiger charge is -2.12. The third-order valence-corrected chi connectivity index (χ3v) is 6.25. The largest absolute Gasteiger partial charge is 0.482 e. The summed E-state index contributed by atoms with van der Waals surface area (Å²) in [6.45, 7) is 3.60. The number of hydrogen-bond donors (Lipinski definition) is 2. The minimum Gasteiger partial charge on any atom is -0.482 e. The van der Waals surface area contributed by atoms with Crippen LogP contribution in [0.2, 0.25) is 10.0 Å². The highest BCUT2D eigenvalue weighted by Gasteiger charge is 2.17. The molecule has 2 N–H and O–H groups in total. The molecule has 3 aromatic rings. The molecule has 6 nitrogen and oxygen atoms in total. The van der Waals surface area contributed by atoms with E-state index in [-0.39, 0.29) is 28.2 Å². The number of halogens is 2. The highest BCUT2D eigenvalue weighted by Crippen LogP contribution is 2.28. The first-order chi connectivity index (χ1) is 14.6. The smallest absolute Gasteiger partial charge is 0.262 e. The SMILES string of the molecule is Cc1ccc(NC(=O)COc2ccc(S(=O)(=O)Nc3ccc(Cl)cc3)cc2Cl)c(C)c1. The number of aryl methyl sites for hydroxylation is 2. The second-order valence-electron chi connectivity index (χ2n) is 6.86. The maximum Gasteiger partial charge on any atom is 0.262 e. The highest BCUT2D eigenvalue weighted by atomic mass is 35.5. The zero-order valence-electron chi connectivity index (χ0n) is 16.8. The zero-order chi connectivity index (χ0) is 22.6. The molecule has 0 spiro atoms. The fourth-order valence-electron chi connectivity index (χ4n) is 2.78. The van der Waals surface area contributed by atoms with Gasteiger partial charge in [-0.2, -0.15) is 0 Å². The molecule has 3 aromatic carbocycles. The summed E-state index contributed by atoms with van der Waals surface area (Å²) in [6.07, 6.45) is 0. The molecule has 3 rings (SSSR count). The summed E-state index contributed by atoms with van der Waals surface area (Å²) in [6, 6.07) is 16.0. The lowest BCUT2D eigenvalue weighted by Crippen LogP contribution is -2.21. The van der Waals surface area contributed by atoms with Crippen molar-refractivity contribution in [1.82, 2.24) is 0 Å². The molecule has 0 fully saturated rings. The normalized spacial score (nSPS) is 11.1. The first kappa shape index (κ1) is 22.9. The zero-order valence-corrected chi connectivity index (χ0v) is 19.1. The Morgan fingerprint density at radius 1 is 0.968 bits per heavy atom. The molecule has 31 heavy (non-hydrogen) atoms. The molecule has 0 aliphatic rings. The van der Waals surface area contributed by atoms with Gasteiger partial charge < -0.3 is 10.1 Å². The minimum atomic E-state index is -3.86. The lowest BCUT2D eigenvalue weighted by atomic mass is 10.1. The van der Waals surface area contributed by atoms with Crippen LogP contribution in [0.4, 0.5) is 11.4 Å². The Hall–Kier alpha value is -2.74. The van der Waals surface area contributed by atoms with Crippen LogP contribution in [0.15, 0.2) is 65.6 Å². The number of ether oxygens (including phenoxy) is 1. The molecule has 0 aliphatic carbocycles. The molecule has 0 bridgehead atoms. The van der Waals surface area contributed by atoms with Gasteiger partial charge in [-0.3, -0.25) is 9.52 Å². The van der Waals surface area contributed by atoms with Crippen LogP contribution in [0.25, 0.3) is 0 Å². The van der Waals surface area contributed by atoms with Crippen LogP contribution in [0.3, 0.4) is 0 Å². The standard InChI is InChI=1S/C22H20Cl2N2O4S/c1-14-3-9-20(15(2)11-14)25-22(27)13-30-21-10-8-18(12-19(21)24)31(28,29)26-17-6-4-16(23)5-7-17/h3-12,26H,13H2,1-2H3,(H,25,27). The van der Waals surface area contributed by atoms with Gasteiger partial charge >= 0.3 is 0 Å². The number of carbonyl (C=O) groups excluding carboxylic acids is 1. The molecule has 0 unspecified atom stereocenters. The molecular weight excluding hydrogens is 459 g/mol. The van der Waals surface area contributed by atoms with Gasteiger partial charge in [0.1, 0.15) is 5.75 Å². The topological polar surface area (TPSA) is 84.5 Å². The molecule has 0 aromatic heterocycles. The van der Waals surface area contributed by atoms with E-state index in [1.807, 2.05) is 32.0 Å². The van der Waals surface area contributed by atoms with Crippen molar-refractivity contribution in [1.29, 1.82) is 0 Å². The van der Waals surface area contributed by atoms with E-state index in [0.29, 0.717) is 16.4 Å². The number of anilines is 2. The van der Waals surface area contributed by atoms with Crippen molar-refractivity contribution in [2.24, 2.45) is 0 Å². The van der Waals surface area contributed by atoms with E-state index in [0.717, 1.165) is 11.1 Å². The summed E-state index contributed by atoms with van der Waals surface area (Å²) in [5.74, 6) is -0.160. The van der Waals surface area contributed by atoms with E-state index in [4.69, 9.17) is 27.9 Å². The lowest BCUT2D eigenvalue weighted by molar-refractivity contribution is -0.118. The van der Waals surface area contributed by atoms with Crippen molar-refractivity contribution in [2.45, 2.75) is 18.7 Å². The van der Waals surface area contributed by atoms with E-state index in [9.17, 15) is 13.2 Å². The predicted molar refractivity (Wildman–Crippen MR) is 124 cm³/mol. The first-order valence-electron chi connectivity index (χ1n) is 9.22. The van der Waals surface area contributed by atoms with Gasteiger partial charge in [0.2, 0.25) is 0 Å². The third-order valence-electron chi connectivity index (χ3n) is 4.32. The monoisotopic (exact) mass is 478 g/mol. The summed E-state index contributed by atoms with van der Waals surface area (Å²) in [5, 5.41) is 3.33. The van der Waals surface area contributed by atoms with Crippen LogP contribution in [0, 0.1) is 13.8 Å². The molecule has 0 radical (unpaired) electrons. The van der Waals surface area contributed by atoms with Crippen molar-refractivity contribution >= 4 is 50.5 Å². The highest BCUT2D eigenvalue weighted by molar-refractivity contribution is 7.92. The molecular formula is C22H20Cl2N2O4S. The Bertz CT molecular complexity index is 1210. The van der Waals surface area contributed by atoms with Crippen LogP contribution >= 0.6 is 23.2 Å². The van der Waals surface area contributed by atoms with Gasteiger partial charge in [-0.25, -0.2) is 8.42 Å². The maximum atomic E-state index is 12.6. The average Bonchev–Trinajstić information content (AvgIpc) is 2.70. The van der Waals surface area contributed by atoms with E-state index in [2.05, 4.69) is 10.0 Å². The Labute approximate surface area is 191 Å². The van der Waals surface area contributed by atoms with E-state index in [1.165, 1.54) is 18.2 Å². The summed E-state index contributed by atoms with van der Waals surface area (Å²) < 4.78 is 33.0. The number of carbonyl (C=O) groups is 1. The molecule has 1 amide bonds. The Morgan fingerprint density at radius 2 is 1.68 bits per heavy atom. The molecule has 0 saturated carbocycles. The van der Waals surface area contributed by atoms with Crippen molar-refractivity contribution in [3.05, 3.63) is 81.8 Å².